The van der Waals surface area contributed by atoms with E-state index < -0.39 is 11.8 Å². The van der Waals surface area contributed by atoms with E-state index in [1.54, 1.807) is 6.07 Å². The van der Waals surface area contributed by atoms with Crippen LogP contribution in [0.15, 0.2) is 6.07 Å². The Morgan fingerprint density at radius 3 is 2.56 bits per heavy atom. The molecule has 18 heavy (non-hydrogen) atoms. The normalized spacial score (nSPS) is 12.7. The predicted molar refractivity (Wildman–Crippen MR) is 64.8 cm³/mol. The second-order valence-corrected chi connectivity index (χ2v) is 4.30. The molecule has 0 fully saturated rings. The van der Waals surface area contributed by atoms with Gasteiger partial charge in [0, 0.05) is 19.5 Å². The zero-order valence-corrected chi connectivity index (χ0v) is 10.4. The van der Waals surface area contributed by atoms with E-state index in [1.807, 2.05) is 6.07 Å². The minimum absolute atomic E-state index is 0.165. The number of aryl methyl sites for hydroxylation is 2. The van der Waals surface area contributed by atoms with Crippen LogP contribution in [0, 0.1) is 11.3 Å². The van der Waals surface area contributed by atoms with Crippen LogP contribution in [-0.2, 0) is 22.4 Å². The second kappa shape index (κ2) is 4.57. The number of anilines is 1. The molecule has 2 rings (SSSR count). The molecule has 0 unspecified atom stereocenters. The molecule has 1 aliphatic carbocycles. The molecule has 1 aromatic rings. The van der Waals surface area contributed by atoms with Crippen molar-refractivity contribution in [2.75, 3.05) is 4.90 Å². The van der Waals surface area contributed by atoms with Crippen molar-refractivity contribution in [2.45, 2.75) is 33.1 Å². The van der Waals surface area contributed by atoms with Gasteiger partial charge in [0.15, 0.2) is 5.82 Å². The molecule has 0 spiro atoms. The molecule has 0 bridgehead atoms. The SMILES string of the molecule is CC(=O)N(C(C)=O)c1nc2c(cc1C#N)CCC2. The molecule has 2 amide bonds. The molecular weight excluding hydrogens is 230 g/mol. The van der Waals surface area contributed by atoms with Crippen molar-refractivity contribution >= 4 is 17.6 Å². The molecule has 0 aromatic carbocycles. The Labute approximate surface area is 105 Å². The van der Waals surface area contributed by atoms with Crippen molar-refractivity contribution in [2.24, 2.45) is 0 Å². The lowest BCUT2D eigenvalue weighted by atomic mass is 10.1. The van der Waals surface area contributed by atoms with Crippen molar-refractivity contribution < 1.29 is 9.59 Å². The monoisotopic (exact) mass is 243 g/mol. The third-order valence-electron chi connectivity index (χ3n) is 2.99. The third kappa shape index (κ3) is 1.97. The highest BCUT2D eigenvalue weighted by molar-refractivity contribution is 6.13. The molecule has 92 valence electrons. The maximum Gasteiger partial charge on any atom is 0.231 e. The smallest absolute Gasteiger partial charge is 0.231 e. The maximum atomic E-state index is 11.5. The summed E-state index contributed by atoms with van der Waals surface area (Å²) in [5.41, 5.74) is 2.21. The lowest BCUT2D eigenvalue weighted by molar-refractivity contribution is -0.124. The molecule has 0 saturated carbocycles. The Bertz CT molecular complexity index is 558. The highest BCUT2D eigenvalue weighted by Crippen LogP contribution is 2.27. The van der Waals surface area contributed by atoms with E-state index >= 15 is 0 Å². The van der Waals surface area contributed by atoms with E-state index in [0.29, 0.717) is 0 Å². The average molecular weight is 243 g/mol. The van der Waals surface area contributed by atoms with Crippen LogP contribution in [0.5, 0.6) is 0 Å². The van der Waals surface area contributed by atoms with Crippen LogP contribution in [-0.4, -0.2) is 16.8 Å². The number of nitrogens with zero attached hydrogens (tertiary/aromatic N) is 3. The number of pyridine rings is 1. The number of aromatic nitrogens is 1. The molecule has 1 aliphatic rings. The van der Waals surface area contributed by atoms with Gasteiger partial charge in [-0.05, 0) is 30.9 Å². The number of fused-ring (bicyclic) bond motifs is 1. The first-order valence-electron chi connectivity index (χ1n) is 5.78. The summed E-state index contributed by atoms with van der Waals surface area (Å²) in [6, 6.07) is 3.75. The first-order valence-corrected chi connectivity index (χ1v) is 5.78. The standard InChI is InChI=1S/C13H13N3O2/c1-8(17)16(9(2)18)13-11(7-14)6-10-4-3-5-12(10)15-13/h6H,3-5H2,1-2H3. The van der Waals surface area contributed by atoms with Gasteiger partial charge in [-0.2, -0.15) is 5.26 Å². The van der Waals surface area contributed by atoms with Gasteiger partial charge in [-0.15, -0.1) is 0 Å². The fraction of sp³-hybridized carbons (Fsp3) is 0.385. The number of amides is 2. The number of hydrogen-bond acceptors (Lipinski definition) is 4. The summed E-state index contributed by atoms with van der Waals surface area (Å²) in [5, 5.41) is 9.12. The number of carbonyl (C=O) groups is 2. The van der Waals surface area contributed by atoms with Crippen LogP contribution in [0.1, 0.15) is 37.1 Å². The summed E-state index contributed by atoms with van der Waals surface area (Å²) < 4.78 is 0. The topological polar surface area (TPSA) is 74.1 Å². The van der Waals surface area contributed by atoms with Crippen molar-refractivity contribution in [3.63, 3.8) is 0 Å². The zero-order valence-electron chi connectivity index (χ0n) is 10.4. The third-order valence-corrected chi connectivity index (χ3v) is 2.99. The summed E-state index contributed by atoms with van der Waals surface area (Å²) in [4.78, 5) is 28.3. The van der Waals surface area contributed by atoms with E-state index in [1.165, 1.54) is 13.8 Å². The van der Waals surface area contributed by atoms with E-state index in [-0.39, 0.29) is 11.4 Å². The molecule has 0 atom stereocenters. The highest BCUT2D eigenvalue weighted by Gasteiger charge is 2.24. The van der Waals surface area contributed by atoms with Gasteiger partial charge in [0.1, 0.15) is 6.07 Å². The maximum absolute atomic E-state index is 11.5. The van der Waals surface area contributed by atoms with Gasteiger partial charge in [-0.3, -0.25) is 9.59 Å². The van der Waals surface area contributed by atoms with Gasteiger partial charge in [-0.1, -0.05) is 0 Å². The number of imide groups is 1. The van der Waals surface area contributed by atoms with Crippen LogP contribution in [0.2, 0.25) is 0 Å². The fourth-order valence-electron chi connectivity index (χ4n) is 2.23. The second-order valence-electron chi connectivity index (χ2n) is 4.30. The van der Waals surface area contributed by atoms with Crippen LogP contribution in [0.25, 0.3) is 0 Å². The molecular formula is C13H13N3O2. The number of rotatable bonds is 1. The lowest BCUT2D eigenvalue weighted by Gasteiger charge is -2.18. The van der Waals surface area contributed by atoms with Gasteiger partial charge >= 0.3 is 0 Å². The molecule has 0 N–H and O–H groups in total. The van der Waals surface area contributed by atoms with E-state index in [0.717, 1.165) is 35.4 Å². The van der Waals surface area contributed by atoms with E-state index in [4.69, 9.17) is 5.26 Å². The van der Waals surface area contributed by atoms with Gasteiger partial charge in [0.05, 0.1) is 5.56 Å². The quantitative estimate of drug-likeness (QED) is 0.746. The molecule has 5 nitrogen and oxygen atoms in total. The largest absolute Gasteiger partial charge is 0.274 e. The Morgan fingerprint density at radius 1 is 1.33 bits per heavy atom. The van der Waals surface area contributed by atoms with E-state index in [2.05, 4.69) is 4.98 Å². The number of hydrogen-bond donors (Lipinski definition) is 0. The van der Waals surface area contributed by atoms with Crippen molar-refractivity contribution in [1.29, 1.82) is 5.26 Å². The molecule has 0 aliphatic heterocycles. The first kappa shape index (κ1) is 12.2. The molecule has 0 radical (unpaired) electrons. The van der Waals surface area contributed by atoms with Crippen molar-refractivity contribution in [1.82, 2.24) is 4.98 Å². The van der Waals surface area contributed by atoms with Crippen LogP contribution >= 0.6 is 0 Å². The summed E-state index contributed by atoms with van der Waals surface area (Å²) in [6.45, 7) is 2.58. The average Bonchev–Trinajstić information content (AvgIpc) is 2.73. The first-order chi connectivity index (χ1) is 8.54. The van der Waals surface area contributed by atoms with Gasteiger partial charge in [0.2, 0.25) is 11.8 Å². The predicted octanol–water partition coefficient (Wildman–Crippen LogP) is 1.34. The van der Waals surface area contributed by atoms with Crippen LogP contribution < -0.4 is 4.90 Å². The summed E-state index contributed by atoms with van der Waals surface area (Å²) in [6.07, 6.45) is 2.73. The van der Waals surface area contributed by atoms with Gasteiger partial charge < -0.3 is 0 Å². The molecule has 0 saturated heterocycles. The molecule has 5 heteroatoms. The van der Waals surface area contributed by atoms with Crippen molar-refractivity contribution in [3.05, 3.63) is 22.9 Å². The van der Waals surface area contributed by atoms with Gasteiger partial charge in [0.25, 0.3) is 0 Å². The summed E-state index contributed by atoms with van der Waals surface area (Å²) >= 11 is 0. The number of carbonyl (C=O) groups excluding carboxylic acids is 2. The fourth-order valence-corrected chi connectivity index (χ4v) is 2.23. The summed E-state index contributed by atoms with van der Waals surface area (Å²) in [7, 11) is 0. The van der Waals surface area contributed by atoms with Gasteiger partial charge in [-0.25, -0.2) is 9.88 Å². The molecule has 1 heterocycles. The van der Waals surface area contributed by atoms with Crippen molar-refractivity contribution in [3.8, 4) is 6.07 Å². The minimum atomic E-state index is -0.426. The Morgan fingerprint density at radius 2 is 2.00 bits per heavy atom. The Kier molecular flexibility index (Phi) is 3.11. The molecule has 1 aromatic heterocycles. The van der Waals surface area contributed by atoms with E-state index in [9.17, 15) is 9.59 Å². The Hall–Kier alpha value is -2.22. The zero-order chi connectivity index (χ0) is 13.3. The van der Waals surface area contributed by atoms with Crippen LogP contribution in [0.4, 0.5) is 5.82 Å². The lowest BCUT2D eigenvalue weighted by Crippen LogP contribution is -2.34. The summed E-state index contributed by atoms with van der Waals surface area (Å²) in [5.74, 6) is -0.688. The van der Waals surface area contributed by atoms with Crippen LogP contribution in [0.3, 0.4) is 0 Å². The Balaban J connectivity index is 2.59. The number of nitriles is 1. The minimum Gasteiger partial charge on any atom is -0.274 e. The highest BCUT2D eigenvalue weighted by atomic mass is 16.2.